The van der Waals surface area contributed by atoms with Gasteiger partial charge in [-0.2, -0.15) is 0 Å². The number of hydrogen-bond acceptors (Lipinski definition) is 2. The molecule has 1 amide bonds. The van der Waals surface area contributed by atoms with Crippen LogP contribution < -0.4 is 5.32 Å². The number of carbonyl (C=O) groups is 1. The fraction of sp³-hybridized carbons (Fsp3) is 0.471. The van der Waals surface area contributed by atoms with E-state index in [4.69, 9.17) is 4.74 Å². The number of benzene rings is 1. The van der Waals surface area contributed by atoms with Gasteiger partial charge in [0.1, 0.15) is 5.60 Å². The predicted molar refractivity (Wildman–Crippen MR) is 83.2 cm³/mol. The second kappa shape index (κ2) is 5.19. The highest BCUT2D eigenvalue weighted by molar-refractivity contribution is 5.86. The fourth-order valence-corrected chi connectivity index (χ4v) is 3.18. The minimum Gasteiger partial charge on any atom is -0.368 e. The van der Waals surface area contributed by atoms with Crippen LogP contribution >= 0.6 is 0 Å². The van der Waals surface area contributed by atoms with Gasteiger partial charge in [0.25, 0.3) is 0 Å². The molecule has 2 heterocycles. The van der Waals surface area contributed by atoms with Crippen LogP contribution in [0.2, 0.25) is 0 Å². The number of carbonyl (C=O) groups excluding carboxylic acids is 1. The van der Waals surface area contributed by atoms with Crippen molar-refractivity contribution in [3.05, 3.63) is 35.5 Å². The molecule has 0 saturated carbocycles. The molecule has 0 fully saturated rings. The van der Waals surface area contributed by atoms with Crippen LogP contribution in [0.3, 0.4) is 0 Å². The Labute approximate surface area is 124 Å². The molecular weight excluding hydrogens is 264 g/mol. The average Bonchev–Trinajstić information content (AvgIpc) is 2.78. The van der Waals surface area contributed by atoms with Crippen LogP contribution in [0.25, 0.3) is 10.9 Å². The van der Waals surface area contributed by atoms with Gasteiger partial charge in [-0.3, -0.25) is 4.79 Å². The smallest absolute Gasteiger partial charge is 0.223 e. The molecule has 1 aromatic carbocycles. The van der Waals surface area contributed by atoms with E-state index in [1.54, 1.807) is 0 Å². The minimum absolute atomic E-state index is 0.0269. The Morgan fingerprint density at radius 3 is 2.95 bits per heavy atom. The van der Waals surface area contributed by atoms with Gasteiger partial charge in [-0.15, -0.1) is 0 Å². The van der Waals surface area contributed by atoms with Gasteiger partial charge in [0.2, 0.25) is 5.91 Å². The third-order valence-electron chi connectivity index (χ3n) is 4.06. The summed E-state index contributed by atoms with van der Waals surface area (Å²) in [5.41, 5.74) is 2.88. The Bertz CT molecular complexity index is 674. The highest BCUT2D eigenvalue weighted by Gasteiger charge is 2.37. The van der Waals surface area contributed by atoms with Gasteiger partial charge < -0.3 is 15.0 Å². The zero-order valence-corrected chi connectivity index (χ0v) is 12.8. The first kappa shape index (κ1) is 14.1. The van der Waals surface area contributed by atoms with E-state index in [0.29, 0.717) is 13.0 Å². The molecule has 3 rings (SSSR count). The van der Waals surface area contributed by atoms with Crippen LogP contribution in [-0.4, -0.2) is 23.5 Å². The van der Waals surface area contributed by atoms with Crippen LogP contribution in [0.4, 0.5) is 0 Å². The summed E-state index contributed by atoms with van der Waals surface area (Å²) in [5.74, 6) is 0.0269. The molecule has 0 radical (unpaired) electrons. The summed E-state index contributed by atoms with van der Waals surface area (Å²) in [5, 5.41) is 4.19. The van der Waals surface area contributed by atoms with Crippen LogP contribution in [-0.2, 0) is 21.6 Å². The number of amides is 1. The summed E-state index contributed by atoms with van der Waals surface area (Å²) in [4.78, 5) is 15.6. The highest BCUT2D eigenvalue weighted by atomic mass is 16.5. The van der Waals surface area contributed by atoms with E-state index in [-0.39, 0.29) is 11.9 Å². The van der Waals surface area contributed by atoms with Crippen molar-refractivity contribution in [3.63, 3.8) is 0 Å². The zero-order chi connectivity index (χ0) is 15.0. The first-order chi connectivity index (χ1) is 9.99. The number of aromatic amines is 1. The maximum atomic E-state index is 12.1. The molecule has 4 nitrogen and oxygen atoms in total. The van der Waals surface area contributed by atoms with E-state index in [9.17, 15) is 4.79 Å². The van der Waals surface area contributed by atoms with E-state index in [0.717, 1.165) is 17.6 Å². The third-order valence-corrected chi connectivity index (χ3v) is 4.06. The second-order valence-electron chi connectivity index (χ2n) is 6.25. The van der Waals surface area contributed by atoms with Crippen LogP contribution in [0.1, 0.15) is 38.4 Å². The SMILES string of the molecule is CC(C)NC(=O)CC1(C)OCCc2c1[nH]c1ccccc21. The lowest BCUT2D eigenvalue weighted by molar-refractivity contribution is -0.131. The Morgan fingerprint density at radius 1 is 1.43 bits per heavy atom. The van der Waals surface area contributed by atoms with Crippen molar-refractivity contribution in [2.45, 2.75) is 45.3 Å². The van der Waals surface area contributed by atoms with Crippen molar-refractivity contribution in [3.8, 4) is 0 Å². The molecule has 1 atom stereocenters. The number of ether oxygens (including phenoxy) is 1. The molecule has 4 heteroatoms. The first-order valence-electron chi connectivity index (χ1n) is 7.53. The van der Waals surface area contributed by atoms with Crippen molar-refractivity contribution in [1.82, 2.24) is 10.3 Å². The maximum Gasteiger partial charge on any atom is 0.223 e. The highest BCUT2D eigenvalue weighted by Crippen LogP contribution is 2.38. The summed E-state index contributed by atoms with van der Waals surface area (Å²) in [6, 6.07) is 8.42. The molecule has 1 unspecified atom stereocenters. The number of H-pyrrole nitrogens is 1. The van der Waals surface area contributed by atoms with Crippen molar-refractivity contribution in [2.75, 3.05) is 6.61 Å². The molecular formula is C17H22N2O2. The lowest BCUT2D eigenvalue weighted by Crippen LogP contribution is -2.40. The van der Waals surface area contributed by atoms with Gasteiger partial charge in [-0.25, -0.2) is 0 Å². The van der Waals surface area contributed by atoms with Gasteiger partial charge in [0.05, 0.1) is 18.7 Å². The minimum atomic E-state index is -0.578. The number of fused-ring (bicyclic) bond motifs is 3. The molecule has 1 aromatic heterocycles. The number of nitrogens with one attached hydrogen (secondary N) is 2. The van der Waals surface area contributed by atoms with Gasteiger partial charge in [0, 0.05) is 16.9 Å². The van der Waals surface area contributed by atoms with Crippen molar-refractivity contribution in [1.29, 1.82) is 0 Å². The molecule has 2 N–H and O–H groups in total. The van der Waals surface area contributed by atoms with Crippen molar-refractivity contribution < 1.29 is 9.53 Å². The summed E-state index contributed by atoms with van der Waals surface area (Å²) in [7, 11) is 0. The van der Waals surface area contributed by atoms with E-state index >= 15 is 0 Å². The molecule has 0 saturated heterocycles. The molecule has 2 aromatic rings. The summed E-state index contributed by atoms with van der Waals surface area (Å²) < 4.78 is 5.98. The Kier molecular flexibility index (Phi) is 3.49. The zero-order valence-electron chi connectivity index (χ0n) is 12.8. The largest absolute Gasteiger partial charge is 0.368 e. The number of rotatable bonds is 3. The second-order valence-corrected chi connectivity index (χ2v) is 6.25. The summed E-state index contributed by atoms with van der Waals surface area (Å²) in [6.45, 7) is 6.59. The first-order valence-corrected chi connectivity index (χ1v) is 7.53. The maximum absolute atomic E-state index is 12.1. The van der Waals surface area contributed by atoms with E-state index in [2.05, 4.69) is 28.5 Å². The normalized spacial score (nSPS) is 21.5. The molecule has 0 spiro atoms. The Hall–Kier alpha value is -1.81. The van der Waals surface area contributed by atoms with Gasteiger partial charge in [0.15, 0.2) is 0 Å². The molecule has 1 aliphatic rings. The van der Waals surface area contributed by atoms with Crippen LogP contribution in [0.5, 0.6) is 0 Å². The van der Waals surface area contributed by atoms with E-state index in [1.807, 2.05) is 26.8 Å². The molecule has 1 aliphatic heterocycles. The summed E-state index contributed by atoms with van der Waals surface area (Å²) in [6.07, 6.45) is 1.23. The van der Waals surface area contributed by atoms with Gasteiger partial charge in [-0.05, 0) is 38.8 Å². The lowest BCUT2D eigenvalue weighted by atomic mass is 9.90. The average molecular weight is 286 g/mol. The predicted octanol–water partition coefficient (Wildman–Crippen LogP) is 2.87. The topological polar surface area (TPSA) is 54.1 Å². The van der Waals surface area contributed by atoms with Crippen molar-refractivity contribution >= 4 is 16.8 Å². The molecule has 0 aliphatic carbocycles. The van der Waals surface area contributed by atoms with Gasteiger partial charge in [-0.1, -0.05) is 18.2 Å². The monoisotopic (exact) mass is 286 g/mol. The van der Waals surface area contributed by atoms with E-state index < -0.39 is 5.60 Å². The lowest BCUT2D eigenvalue weighted by Gasteiger charge is -2.33. The number of aromatic nitrogens is 1. The Balaban J connectivity index is 1.97. The molecule has 0 bridgehead atoms. The number of para-hydroxylation sites is 1. The number of hydrogen-bond donors (Lipinski definition) is 2. The molecule has 112 valence electrons. The van der Waals surface area contributed by atoms with Crippen molar-refractivity contribution in [2.24, 2.45) is 0 Å². The standard InChI is InChI=1S/C17H22N2O2/c1-11(2)18-15(20)10-17(3)16-13(8-9-21-17)12-6-4-5-7-14(12)19-16/h4-7,11,19H,8-10H2,1-3H3,(H,18,20). The van der Waals surface area contributed by atoms with Crippen LogP contribution in [0, 0.1) is 0 Å². The third kappa shape index (κ3) is 2.56. The molecule has 21 heavy (non-hydrogen) atoms. The van der Waals surface area contributed by atoms with Crippen LogP contribution in [0.15, 0.2) is 24.3 Å². The fourth-order valence-electron chi connectivity index (χ4n) is 3.18. The van der Waals surface area contributed by atoms with Gasteiger partial charge >= 0.3 is 0 Å². The quantitative estimate of drug-likeness (QED) is 0.911. The Morgan fingerprint density at radius 2 is 2.19 bits per heavy atom. The summed E-state index contributed by atoms with van der Waals surface area (Å²) >= 11 is 0. The van der Waals surface area contributed by atoms with E-state index in [1.165, 1.54) is 10.9 Å².